The number of aromatic nitrogens is 3. The predicted molar refractivity (Wildman–Crippen MR) is 94.6 cm³/mol. The van der Waals surface area contributed by atoms with Crippen molar-refractivity contribution >= 4 is 5.91 Å². The van der Waals surface area contributed by atoms with Gasteiger partial charge in [0.25, 0.3) is 5.91 Å². The Morgan fingerprint density at radius 3 is 2.72 bits per heavy atom. The van der Waals surface area contributed by atoms with Crippen LogP contribution in [-0.2, 0) is 6.42 Å². The highest BCUT2D eigenvalue weighted by atomic mass is 16.3. The molecule has 2 aromatic carbocycles. The summed E-state index contributed by atoms with van der Waals surface area (Å²) >= 11 is 0. The molecule has 0 aliphatic heterocycles. The Morgan fingerprint density at radius 2 is 2.00 bits per heavy atom. The number of rotatable bonds is 6. The smallest absolute Gasteiger partial charge is 0.273 e. The van der Waals surface area contributed by atoms with E-state index >= 15 is 0 Å². The van der Waals surface area contributed by atoms with Crippen molar-refractivity contribution in [1.82, 2.24) is 20.3 Å². The fourth-order valence-electron chi connectivity index (χ4n) is 2.58. The van der Waals surface area contributed by atoms with Gasteiger partial charge in [0.05, 0.1) is 24.5 Å². The van der Waals surface area contributed by atoms with Crippen LogP contribution in [0.3, 0.4) is 0 Å². The van der Waals surface area contributed by atoms with Crippen molar-refractivity contribution in [3.05, 3.63) is 77.6 Å². The molecule has 2 N–H and O–H groups in total. The van der Waals surface area contributed by atoms with Crippen molar-refractivity contribution in [2.24, 2.45) is 0 Å². The summed E-state index contributed by atoms with van der Waals surface area (Å²) in [5.74, 6) is -0.353. The van der Waals surface area contributed by atoms with Crippen molar-refractivity contribution in [3.63, 3.8) is 0 Å². The van der Waals surface area contributed by atoms with Crippen LogP contribution >= 0.6 is 0 Å². The lowest BCUT2D eigenvalue weighted by molar-refractivity contribution is 0.0911. The molecule has 0 saturated heterocycles. The van der Waals surface area contributed by atoms with Crippen LogP contribution in [0, 0.1) is 6.92 Å². The average Bonchev–Trinajstić information content (AvgIpc) is 3.12. The third-order valence-corrected chi connectivity index (χ3v) is 3.87. The average molecular weight is 336 g/mol. The summed E-state index contributed by atoms with van der Waals surface area (Å²) in [7, 11) is 0. The number of hydrogen-bond acceptors (Lipinski definition) is 4. The van der Waals surface area contributed by atoms with Gasteiger partial charge in [-0.2, -0.15) is 0 Å². The lowest BCUT2D eigenvalue weighted by Gasteiger charge is -2.15. The minimum absolute atomic E-state index is 0.146. The number of nitrogens with one attached hydrogen (secondary N) is 1. The first-order chi connectivity index (χ1) is 12.2. The molecule has 25 heavy (non-hydrogen) atoms. The van der Waals surface area contributed by atoms with E-state index in [2.05, 4.69) is 15.6 Å². The zero-order valence-corrected chi connectivity index (χ0v) is 14.0. The molecular weight excluding hydrogens is 316 g/mol. The molecule has 6 heteroatoms. The third kappa shape index (κ3) is 4.30. The molecule has 0 saturated carbocycles. The summed E-state index contributed by atoms with van der Waals surface area (Å²) in [6.45, 7) is 1.84. The Labute approximate surface area is 146 Å². The van der Waals surface area contributed by atoms with Gasteiger partial charge in [0.1, 0.15) is 0 Å². The van der Waals surface area contributed by atoms with E-state index in [1.54, 1.807) is 10.9 Å². The predicted octanol–water partition coefficient (Wildman–Crippen LogP) is 1.91. The van der Waals surface area contributed by atoms with Gasteiger partial charge in [-0.25, -0.2) is 4.68 Å². The Balaban J connectivity index is 1.68. The number of amides is 1. The number of aryl methyl sites for hydroxylation is 1. The molecule has 1 amide bonds. The van der Waals surface area contributed by atoms with E-state index in [4.69, 9.17) is 0 Å². The van der Waals surface area contributed by atoms with Crippen molar-refractivity contribution in [2.75, 3.05) is 6.61 Å². The van der Waals surface area contributed by atoms with Crippen LogP contribution in [0.25, 0.3) is 5.69 Å². The highest BCUT2D eigenvalue weighted by Gasteiger charge is 2.16. The normalized spacial score (nSPS) is 11.9. The standard InChI is InChI=1S/C19H20N4O2/c1-14-6-5-9-17(10-14)23-12-18(21-22-23)19(25)20-16(13-24)11-15-7-3-2-4-8-15/h2-10,12,16,24H,11,13H2,1H3,(H,20,25). The van der Waals surface area contributed by atoms with Gasteiger partial charge in [-0.1, -0.05) is 47.7 Å². The van der Waals surface area contributed by atoms with Crippen LogP contribution in [0.15, 0.2) is 60.8 Å². The molecular formula is C19H20N4O2. The summed E-state index contributed by atoms with van der Waals surface area (Å²) in [5.41, 5.74) is 3.20. The molecule has 3 aromatic rings. The minimum Gasteiger partial charge on any atom is -0.394 e. The van der Waals surface area contributed by atoms with Crippen molar-refractivity contribution in [1.29, 1.82) is 0 Å². The van der Waals surface area contributed by atoms with E-state index < -0.39 is 0 Å². The second-order valence-electron chi connectivity index (χ2n) is 5.93. The molecule has 6 nitrogen and oxygen atoms in total. The fourth-order valence-corrected chi connectivity index (χ4v) is 2.58. The number of aliphatic hydroxyl groups excluding tert-OH is 1. The Kier molecular flexibility index (Phi) is 5.20. The zero-order valence-electron chi connectivity index (χ0n) is 14.0. The van der Waals surface area contributed by atoms with Gasteiger partial charge in [-0.3, -0.25) is 4.79 Å². The maximum Gasteiger partial charge on any atom is 0.273 e. The maximum atomic E-state index is 12.4. The van der Waals surface area contributed by atoms with Crippen molar-refractivity contribution < 1.29 is 9.90 Å². The molecule has 0 aliphatic carbocycles. The number of carbonyl (C=O) groups excluding carboxylic acids is 1. The second kappa shape index (κ2) is 7.72. The lowest BCUT2D eigenvalue weighted by Crippen LogP contribution is -2.39. The van der Waals surface area contributed by atoms with Crippen LogP contribution in [0.5, 0.6) is 0 Å². The molecule has 1 aromatic heterocycles. The molecule has 0 spiro atoms. The summed E-state index contributed by atoms with van der Waals surface area (Å²) < 4.78 is 1.56. The third-order valence-electron chi connectivity index (χ3n) is 3.87. The monoisotopic (exact) mass is 336 g/mol. The van der Waals surface area contributed by atoms with Crippen LogP contribution in [-0.4, -0.2) is 38.7 Å². The van der Waals surface area contributed by atoms with Crippen molar-refractivity contribution in [3.8, 4) is 5.69 Å². The molecule has 1 heterocycles. The number of carbonyl (C=O) groups is 1. The Bertz CT molecular complexity index is 845. The van der Waals surface area contributed by atoms with Crippen LogP contribution in [0.1, 0.15) is 21.6 Å². The summed E-state index contributed by atoms with van der Waals surface area (Å²) in [4.78, 5) is 12.4. The van der Waals surface area contributed by atoms with Crippen LogP contribution in [0.4, 0.5) is 0 Å². The summed E-state index contributed by atoms with van der Waals surface area (Å²) in [5, 5.41) is 20.3. The summed E-state index contributed by atoms with van der Waals surface area (Å²) in [6.07, 6.45) is 2.14. The van der Waals surface area contributed by atoms with Gasteiger partial charge in [0.2, 0.25) is 0 Å². The number of hydrogen-bond donors (Lipinski definition) is 2. The molecule has 1 atom stereocenters. The van der Waals surface area contributed by atoms with Crippen LogP contribution in [0.2, 0.25) is 0 Å². The van der Waals surface area contributed by atoms with Gasteiger partial charge >= 0.3 is 0 Å². The largest absolute Gasteiger partial charge is 0.394 e. The molecule has 0 bridgehead atoms. The van der Waals surface area contributed by atoms with E-state index in [0.717, 1.165) is 16.8 Å². The van der Waals surface area contributed by atoms with Gasteiger partial charge in [-0.15, -0.1) is 5.10 Å². The second-order valence-corrected chi connectivity index (χ2v) is 5.93. The van der Waals surface area contributed by atoms with E-state index in [1.165, 1.54) is 0 Å². The van der Waals surface area contributed by atoms with Gasteiger partial charge in [0.15, 0.2) is 5.69 Å². The van der Waals surface area contributed by atoms with E-state index in [9.17, 15) is 9.90 Å². The van der Waals surface area contributed by atoms with E-state index in [0.29, 0.717) is 6.42 Å². The Hall–Kier alpha value is -2.99. The van der Waals surface area contributed by atoms with Gasteiger partial charge < -0.3 is 10.4 Å². The molecule has 0 radical (unpaired) electrons. The lowest BCUT2D eigenvalue weighted by atomic mass is 10.1. The molecule has 1 unspecified atom stereocenters. The number of nitrogens with zero attached hydrogens (tertiary/aromatic N) is 3. The van der Waals surface area contributed by atoms with Crippen LogP contribution < -0.4 is 5.32 Å². The number of aliphatic hydroxyl groups is 1. The quantitative estimate of drug-likeness (QED) is 0.721. The fraction of sp³-hybridized carbons (Fsp3) is 0.211. The first kappa shape index (κ1) is 16.9. The van der Waals surface area contributed by atoms with E-state index in [-0.39, 0.29) is 24.2 Å². The molecule has 0 fully saturated rings. The van der Waals surface area contributed by atoms with E-state index in [1.807, 2.05) is 61.5 Å². The number of benzene rings is 2. The molecule has 3 rings (SSSR count). The maximum absolute atomic E-state index is 12.4. The topological polar surface area (TPSA) is 80.0 Å². The van der Waals surface area contributed by atoms with Crippen molar-refractivity contribution in [2.45, 2.75) is 19.4 Å². The first-order valence-electron chi connectivity index (χ1n) is 8.11. The SMILES string of the molecule is Cc1cccc(-n2cc(C(=O)NC(CO)Cc3ccccc3)nn2)c1. The zero-order chi connectivity index (χ0) is 17.6. The van der Waals surface area contributed by atoms with Gasteiger partial charge in [0, 0.05) is 0 Å². The Morgan fingerprint density at radius 1 is 1.20 bits per heavy atom. The highest BCUT2D eigenvalue weighted by Crippen LogP contribution is 2.09. The summed E-state index contributed by atoms with van der Waals surface area (Å²) in [6, 6.07) is 17.1. The molecule has 0 aliphatic rings. The molecule has 128 valence electrons. The minimum atomic E-state index is -0.376. The van der Waals surface area contributed by atoms with Gasteiger partial charge in [-0.05, 0) is 36.6 Å². The first-order valence-corrected chi connectivity index (χ1v) is 8.11. The highest BCUT2D eigenvalue weighted by molar-refractivity contribution is 5.92.